The second kappa shape index (κ2) is 4.41. The molecule has 2 heteroatoms. The van der Waals surface area contributed by atoms with Crippen molar-refractivity contribution in [3.8, 4) is 0 Å². The van der Waals surface area contributed by atoms with E-state index in [1.54, 1.807) is 0 Å². The van der Waals surface area contributed by atoms with E-state index in [2.05, 4.69) is 41.5 Å². The van der Waals surface area contributed by atoms with E-state index in [1.807, 2.05) is 13.1 Å². The number of nitrogens with zero attached hydrogens (tertiary/aromatic N) is 1. The largest absolute Gasteiger partial charge is 0.319 e. The average molecular weight is 200 g/mol. The molecule has 2 aromatic rings. The zero-order valence-corrected chi connectivity index (χ0v) is 9.25. The van der Waals surface area contributed by atoms with Crippen LogP contribution < -0.4 is 5.32 Å². The summed E-state index contributed by atoms with van der Waals surface area (Å²) < 4.78 is 0. The minimum absolute atomic E-state index is 0.977. The molecular weight excluding hydrogens is 184 g/mol. The van der Waals surface area contributed by atoms with Crippen LogP contribution in [0.5, 0.6) is 0 Å². The number of likely N-dealkylation sites (N-methyl/N-ethyl adjacent to an activating group) is 1. The molecule has 2 nitrogen and oxygen atoms in total. The predicted molar refractivity (Wildman–Crippen MR) is 64.1 cm³/mol. The van der Waals surface area contributed by atoms with Crippen LogP contribution in [-0.2, 0) is 6.42 Å². The number of benzene rings is 1. The van der Waals surface area contributed by atoms with Crippen LogP contribution >= 0.6 is 0 Å². The summed E-state index contributed by atoms with van der Waals surface area (Å²) in [5, 5.41) is 4.40. The van der Waals surface area contributed by atoms with Crippen molar-refractivity contribution in [3.05, 3.63) is 41.6 Å². The fraction of sp³-hybridized carbons (Fsp3) is 0.308. The highest BCUT2D eigenvalue weighted by Gasteiger charge is 2.01. The predicted octanol–water partition coefficient (Wildman–Crippen LogP) is 2.31. The normalized spacial score (nSPS) is 10.8. The van der Waals surface area contributed by atoms with Gasteiger partial charge in [-0.25, -0.2) is 0 Å². The number of hydrogen-bond donors (Lipinski definition) is 1. The third kappa shape index (κ3) is 2.16. The number of para-hydroxylation sites is 1. The maximum absolute atomic E-state index is 4.63. The van der Waals surface area contributed by atoms with Gasteiger partial charge in [-0.1, -0.05) is 18.2 Å². The lowest BCUT2D eigenvalue weighted by atomic mass is 10.1. The second-order valence-electron chi connectivity index (χ2n) is 3.80. The van der Waals surface area contributed by atoms with Gasteiger partial charge in [-0.15, -0.1) is 0 Å². The van der Waals surface area contributed by atoms with E-state index < -0.39 is 0 Å². The van der Waals surface area contributed by atoms with E-state index in [1.165, 1.54) is 16.6 Å². The highest BCUT2D eigenvalue weighted by molar-refractivity contribution is 5.81. The summed E-state index contributed by atoms with van der Waals surface area (Å²) in [7, 11) is 1.97. The van der Waals surface area contributed by atoms with Gasteiger partial charge in [0, 0.05) is 24.0 Å². The number of fused-ring (bicyclic) bond motifs is 1. The lowest BCUT2D eigenvalue weighted by Gasteiger charge is -2.05. The van der Waals surface area contributed by atoms with Crippen molar-refractivity contribution >= 4 is 10.9 Å². The fourth-order valence-corrected chi connectivity index (χ4v) is 1.80. The smallest absolute Gasteiger partial charge is 0.0707 e. The zero-order chi connectivity index (χ0) is 10.7. The number of rotatable bonds is 3. The Morgan fingerprint density at radius 3 is 2.87 bits per heavy atom. The van der Waals surface area contributed by atoms with Gasteiger partial charge in [0.2, 0.25) is 0 Å². The highest BCUT2D eigenvalue weighted by atomic mass is 14.8. The minimum Gasteiger partial charge on any atom is -0.319 e. The van der Waals surface area contributed by atoms with E-state index in [0.717, 1.165) is 18.5 Å². The maximum atomic E-state index is 4.63. The molecule has 2 rings (SSSR count). The third-order valence-corrected chi connectivity index (χ3v) is 2.61. The van der Waals surface area contributed by atoms with Gasteiger partial charge < -0.3 is 5.32 Å². The first-order valence-corrected chi connectivity index (χ1v) is 5.31. The molecule has 0 aliphatic carbocycles. The Bertz CT molecular complexity index is 463. The lowest BCUT2D eigenvalue weighted by Crippen LogP contribution is -2.11. The summed E-state index contributed by atoms with van der Waals surface area (Å²) in [6.07, 6.45) is 0.988. The SMILES string of the molecule is CNCCc1cc(C)c2ccccc2n1. The monoisotopic (exact) mass is 200 g/mol. The standard InChI is InChI=1S/C13H16N2/c1-10-9-11(7-8-14-2)15-13-6-4-3-5-12(10)13/h3-6,9,14H,7-8H2,1-2H3. The summed E-state index contributed by atoms with van der Waals surface area (Å²) in [6.45, 7) is 3.12. The topological polar surface area (TPSA) is 24.9 Å². The van der Waals surface area contributed by atoms with Gasteiger partial charge in [0.1, 0.15) is 0 Å². The second-order valence-corrected chi connectivity index (χ2v) is 3.80. The minimum atomic E-state index is 0.977. The van der Waals surface area contributed by atoms with Gasteiger partial charge in [-0.3, -0.25) is 4.98 Å². The van der Waals surface area contributed by atoms with Crippen LogP contribution in [0.25, 0.3) is 10.9 Å². The quantitative estimate of drug-likeness (QED) is 0.822. The summed E-state index contributed by atoms with van der Waals surface area (Å²) in [6, 6.07) is 10.5. The molecule has 1 aromatic heterocycles. The van der Waals surface area contributed by atoms with Crippen LogP contribution in [-0.4, -0.2) is 18.6 Å². The van der Waals surface area contributed by atoms with Crippen LogP contribution in [0, 0.1) is 6.92 Å². The van der Waals surface area contributed by atoms with Crippen molar-refractivity contribution in [2.75, 3.05) is 13.6 Å². The Hall–Kier alpha value is -1.41. The van der Waals surface area contributed by atoms with E-state index in [4.69, 9.17) is 0 Å². The van der Waals surface area contributed by atoms with Gasteiger partial charge in [-0.05, 0) is 31.7 Å². The number of nitrogens with one attached hydrogen (secondary N) is 1. The van der Waals surface area contributed by atoms with Crippen LogP contribution in [0.2, 0.25) is 0 Å². The first-order chi connectivity index (χ1) is 7.31. The Morgan fingerprint density at radius 2 is 2.07 bits per heavy atom. The molecule has 0 bridgehead atoms. The number of pyridine rings is 1. The van der Waals surface area contributed by atoms with Crippen molar-refractivity contribution in [1.29, 1.82) is 0 Å². The summed E-state index contributed by atoms with van der Waals surface area (Å²) in [4.78, 5) is 4.63. The molecule has 0 radical (unpaired) electrons. The fourth-order valence-electron chi connectivity index (χ4n) is 1.80. The molecule has 0 fully saturated rings. The molecule has 0 spiro atoms. The summed E-state index contributed by atoms with van der Waals surface area (Å²) >= 11 is 0. The Balaban J connectivity index is 2.43. The van der Waals surface area contributed by atoms with Crippen molar-refractivity contribution in [1.82, 2.24) is 10.3 Å². The number of hydrogen-bond acceptors (Lipinski definition) is 2. The molecule has 0 saturated carbocycles. The van der Waals surface area contributed by atoms with Gasteiger partial charge in [0.25, 0.3) is 0 Å². The molecule has 1 aromatic carbocycles. The maximum Gasteiger partial charge on any atom is 0.0707 e. The van der Waals surface area contributed by atoms with Gasteiger partial charge in [0.05, 0.1) is 5.52 Å². The molecule has 0 aliphatic heterocycles. The van der Waals surface area contributed by atoms with Crippen LogP contribution in [0.4, 0.5) is 0 Å². The van der Waals surface area contributed by atoms with Crippen molar-refractivity contribution in [2.45, 2.75) is 13.3 Å². The Labute approximate surface area is 90.3 Å². The van der Waals surface area contributed by atoms with Crippen LogP contribution in [0.15, 0.2) is 30.3 Å². The van der Waals surface area contributed by atoms with E-state index in [9.17, 15) is 0 Å². The lowest BCUT2D eigenvalue weighted by molar-refractivity contribution is 0.778. The molecule has 1 heterocycles. The van der Waals surface area contributed by atoms with E-state index >= 15 is 0 Å². The molecule has 0 atom stereocenters. The average Bonchev–Trinajstić information content (AvgIpc) is 2.26. The Kier molecular flexibility index (Phi) is 2.97. The molecule has 0 saturated heterocycles. The highest BCUT2D eigenvalue weighted by Crippen LogP contribution is 2.17. The zero-order valence-electron chi connectivity index (χ0n) is 9.25. The van der Waals surface area contributed by atoms with Crippen molar-refractivity contribution in [3.63, 3.8) is 0 Å². The molecule has 0 unspecified atom stereocenters. The van der Waals surface area contributed by atoms with Crippen molar-refractivity contribution < 1.29 is 0 Å². The molecule has 0 aliphatic rings. The molecular formula is C13H16N2. The summed E-state index contributed by atoms with van der Waals surface area (Å²) in [5.41, 5.74) is 3.58. The van der Waals surface area contributed by atoms with Crippen molar-refractivity contribution in [2.24, 2.45) is 0 Å². The molecule has 15 heavy (non-hydrogen) atoms. The first-order valence-electron chi connectivity index (χ1n) is 5.31. The molecule has 78 valence electrons. The Morgan fingerprint density at radius 1 is 1.27 bits per heavy atom. The third-order valence-electron chi connectivity index (χ3n) is 2.61. The van der Waals surface area contributed by atoms with Gasteiger partial charge >= 0.3 is 0 Å². The van der Waals surface area contributed by atoms with E-state index in [0.29, 0.717) is 0 Å². The van der Waals surface area contributed by atoms with Gasteiger partial charge in [0.15, 0.2) is 0 Å². The number of aryl methyl sites for hydroxylation is 1. The van der Waals surface area contributed by atoms with Gasteiger partial charge in [-0.2, -0.15) is 0 Å². The number of aromatic nitrogens is 1. The van der Waals surface area contributed by atoms with Crippen LogP contribution in [0.3, 0.4) is 0 Å². The molecule has 1 N–H and O–H groups in total. The van der Waals surface area contributed by atoms with Crippen LogP contribution in [0.1, 0.15) is 11.3 Å². The molecule has 0 amide bonds. The first kappa shape index (κ1) is 10.1. The van der Waals surface area contributed by atoms with E-state index in [-0.39, 0.29) is 0 Å². The summed E-state index contributed by atoms with van der Waals surface area (Å²) in [5.74, 6) is 0.